The number of rotatable bonds is 4. The molecule has 3 rings (SSSR count). The Bertz CT molecular complexity index is 653. The number of halogens is 1. The number of anilines is 1. The maximum atomic E-state index is 12.6. The molecular formula is C20H31ClN4O2. The Labute approximate surface area is 167 Å². The van der Waals surface area contributed by atoms with Crippen molar-refractivity contribution in [2.75, 3.05) is 19.4 Å². The molecule has 0 spiro atoms. The van der Waals surface area contributed by atoms with Gasteiger partial charge in [0.1, 0.15) is 0 Å². The normalized spacial score (nSPS) is 26.5. The Morgan fingerprint density at radius 1 is 1.19 bits per heavy atom. The molecule has 3 amide bonds. The fraction of sp³-hybridized carbons (Fsp3) is 0.600. The molecule has 0 radical (unpaired) electrons. The summed E-state index contributed by atoms with van der Waals surface area (Å²) in [5.41, 5.74) is 8.02. The number of carbonyl (C=O) groups is 2. The smallest absolute Gasteiger partial charge is 0.321 e. The van der Waals surface area contributed by atoms with Crippen LogP contribution in [0, 0.1) is 17.8 Å². The third kappa shape index (κ3) is 5.36. The number of nitrogens with two attached hydrogens (primary N) is 1. The van der Waals surface area contributed by atoms with Gasteiger partial charge in [-0.2, -0.15) is 0 Å². The number of benzene rings is 1. The van der Waals surface area contributed by atoms with Crippen molar-refractivity contribution < 1.29 is 9.59 Å². The van der Waals surface area contributed by atoms with Crippen molar-refractivity contribution in [2.24, 2.45) is 23.5 Å². The van der Waals surface area contributed by atoms with Gasteiger partial charge in [-0.25, -0.2) is 4.79 Å². The first-order chi connectivity index (χ1) is 12.4. The minimum atomic E-state index is -0.170. The standard InChI is InChI=1S/C20H30N4O2.ClH/c1-24(2)20(26)23-17-8-3-5-13(9-17)12-22-19(25)16-10-14-6-4-7-15(11-16)18(14)21;/h3,5,8-9,14-16,18H,4,6-7,10-12,21H2,1-2H3,(H,22,25)(H,23,26);1H. The molecule has 2 fully saturated rings. The van der Waals surface area contributed by atoms with Crippen molar-refractivity contribution in [2.45, 2.75) is 44.7 Å². The molecule has 7 heteroatoms. The first kappa shape index (κ1) is 21.5. The highest BCUT2D eigenvalue weighted by Gasteiger charge is 2.40. The van der Waals surface area contributed by atoms with Crippen LogP contribution in [0.4, 0.5) is 10.5 Å². The Morgan fingerprint density at radius 2 is 1.85 bits per heavy atom. The molecule has 1 aromatic carbocycles. The van der Waals surface area contributed by atoms with Crippen LogP contribution in [0.2, 0.25) is 0 Å². The number of hydrogen-bond acceptors (Lipinski definition) is 3. The number of urea groups is 1. The van der Waals surface area contributed by atoms with Crippen LogP contribution in [0.1, 0.15) is 37.7 Å². The van der Waals surface area contributed by atoms with Crippen LogP contribution in [-0.4, -0.2) is 37.0 Å². The van der Waals surface area contributed by atoms with Gasteiger partial charge in [-0.05, 0) is 55.2 Å². The van der Waals surface area contributed by atoms with Crippen molar-refractivity contribution in [3.8, 4) is 0 Å². The molecule has 6 nitrogen and oxygen atoms in total. The van der Waals surface area contributed by atoms with E-state index < -0.39 is 0 Å². The molecular weight excluding hydrogens is 364 g/mol. The molecule has 150 valence electrons. The van der Waals surface area contributed by atoms with Crippen LogP contribution < -0.4 is 16.4 Å². The van der Waals surface area contributed by atoms with Crippen molar-refractivity contribution in [3.63, 3.8) is 0 Å². The second-order valence-electron chi connectivity index (χ2n) is 7.94. The minimum absolute atomic E-state index is 0. The fourth-order valence-electron chi connectivity index (χ4n) is 4.33. The Balaban J connectivity index is 0.00000261. The molecule has 27 heavy (non-hydrogen) atoms. The Hall–Kier alpha value is -1.79. The van der Waals surface area contributed by atoms with E-state index in [0.29, 0.717) is 18.4 Å². The predicted octanol–water partition coefficient (Wildman–Crippen LogP) is 2.97. The number of nitrogens with one attached hydrogen (secondary N) is 2. The van der Waals surface area contributed by atoms with Crippen LogP contribution in [0.25, 0.3) is 0 Å². The second kappa shape index (κ2) is 9.42. The molecule has 2 bridgehead atoms. The van der Waals surface area contributed by atoms with E-state index in [9.17, 15) is 9.59 Å². The van der Waals surface area contributed by atoms with E-state index >= 15 is 0 Å². The lowest BCUT2D eigenvalue weighted by Gasteiger charge is -2.43. The summed E-state index contributed by atoms with van der Waals surface area (Å²) in [6.07, 6.45) is 5.41. The van der Waals surface area contributed by atoms with Crippen molar-refractivity contribution >= 4 is 30.0 Å². The van der Waals surface area contributed by atoms with E-state index in [0.717, 1.165) is 36.9 Å². The van der Waals surface area contributed by atoms with Gasteiger partial charge < -0.3 is 21.3 Å². The third-order valence-corrected chi connectivity index (χ3v) is 5.83. The molecule has 0 aliphatic heterocycles. The van der Waals surface area contributed by atoms with E-state index in [1.165, 1.54) is 11.3 Å². The highest BCUT2D eigenvalue weighted by Crippen LogP contribution is 2.41. The Kier molecular flexibility index (Phi) is 7.50. The van der Waals surface area contributed by atoms with Gasteiger partial charge in [0.2, 0.25) is 5.91 Å². The maximum Gasteiger partial charge on any atom is 0.321 e. The zero-order valence-electron chi connectivity index (χ0n) is 16.1. The van der Waals surface area contributed by atoms with Crippen molar-refractivity contribution in [1.29, 1.82) is 0 Å². The third-order valence-electron chi connectivity index (χ3n) is 5.83. The van der Waals surface area contributed by atoms with Gasteiger partial charge in [-0.1, -0.05) is 18.6 Å². The van der Waals surface area contributed by atoms with Crippen molar-refractivity contribution in [1.82, 2.24) is 10.2 Å². The summed E-state index contributed by atoms with van der Waals surface area (Å²) in [5, 5.41) is 5.90. The lowest BCUT2D eigenvalue weighted by molar-refractivity contribution is -0.128. The highest BCUT2D eigenvalue weighted by atomic mass is 35.5. The molecule has 0 aromatic heterocycles. The molecule has 2 aliphatic carbocycles. The highest BCUT2D eigenvalue weighted by molar-refractivity contribution is 5.89. The summed E-state index contributed by atoms with van der Waals surface area (Å²) in [6.45, 7) is 0.475. The van der Waals surface area contributed by atoms with Crippen LogP contribution in [-0.2, 0) is 11.3 Å². The molecule has 0 saturated heterocycles. The number of amides is 3. The van der Waals surface area contributed by atoms with Gasteiger partial charge in [-0.15, -0.1) is 12.4 Å². The molecule has 2 saturated carbocycles. The summed E-state index contributed by atoms with van der Waals surface area (Å²) < 4.78 is 0. The second-order valence-corrected chi connectivity index (χ2v) is 7.94. The summed E-state index contributed by atoms with van der Waals surface area (Å²) in [5.74, 6) is 1.23. The zero-order chi connectivity index (χ0) is 18.7. The summed E-state index contributed by atoms with van der Waals surface area (Å²) >= 11 is 0. The quantitative estimate of drug-likeness (QED) is 0.733. The lowest BCUT2D eigenvalue weighted by Crippen LogP contribution is -2.49. The lowest BCUT2D eigenvalue weighted by atomic mass is 9.65. The number of hydrogen-bond donors (Lipinski definition) is 3. The molecule has 2 aliphatic rings. The fourth-order valence-corrected chi connectivity index (χ4v) is 4.33. The molecule has 0 heterocycles. The Morgan fingerprint density at radius 3 is 2.48 bits per heavy atom. The molecule has 4 N–H and O–H groups in total. The van der Waals surface area contributed by atoms with Gasteiger partial charge in [0, 0.05) is 38.3 Å². The monoisotopic (exact) mass is 394 g/mol. The number of nitrogens with zero attached hydrogens (tertiary/aromatic N) is 1. The first-order valence-electron chi connectivity index (χ1n) is 9.54. The van der Waals surface area contributed by atoms with Gasteiger partial charge in [0.25, 0.3) is 0 Å². The average molecular weight is 395 g/mol. The van der Waals surface area contributed by atoms with Crippen LogP contribution in [0.5, 0.6) is 0 Å². The van der Waals surface area contributed by atoms with Gasteiger partial charge >= 0.3 is 6.03 Å². The average Bonchev–Trinajstić information content (AvgIpc) is 2.59. The zero-order valence-corrected chi connectivity index (χ0v) is 16.9. The van der Waals surface area contributed by atoms with E-state index in [1.807, 2.05) is 24.3 Å². The predicted molar refractivity (Wildman–Crippen MR) is 110 cm³/mol. The number of fused-ring (bicyclic) bond motifs is 2. The molecule has 1 aromatic rings. The largest absolute Gasteiger partial charge is 0.352 e. The van der Waals surface area contributed by atoms with Crippen LogP contribution >= 0.6 is 12.4 Å². The topological polar surface area (TPSA) is 87.5 Å². The summed E-state index contributed by atoms with van der Waals surface area (Å²) in [6, 6.07) is 7.69. The first-order valence-corrected chi connectivity index (χ1v) is 9.54. The maximum absolute atomic E-state index is 12.6. The van der Waals surface area contributed by atoms with Gasteiger partial charge in [-0.3, -0.25) is 4.79 Å². The minimum Gasteiger partial charge on any atom is -0.352 e. The van der Waals surface area contributed by atoms with E-state index in [1.54, 1.807) is 14.1 Å². The summed E-state index contributed by atoms with van der Waals surface area (Å²) in [4.78, 5) is 25.9. The summed E-state index contributed by atoms with van der Waals surface area (Å²) in [7, 11) is 3.40. The van der Waals surface area contributed by atoms with Crippen LogP contribution in [0.15, 0.2) is 24.3 Å². The molecule has 2 unspecified atom stereocenters. The SMILES string of the molecule is CN(C)C(=O)Nc1cccc(CNC(=O)C2CC3CCCC(C2)C3N)c1.Cl. The van der Waals surface area contributed by atoms with E-state index in [4.69, 9.17) is 5.73 Å². The van der Waals surface area contributed by atoms with Gasteiger partial charge in [0.15, 0.2) is 0 Å². The van der Waals surface area contributed by atoms with E-state index in [-0.39, 0.29) is 36.3 Å². The van der Waals surface area contributed by atoms with Crippen LogP contribution in [0.3, 0.4) is 0 Å². The van der Waals surface area contributed by atoms with E-state index in [2.05, 4.69) is 10.6 Å². The molecule has 2 atom stereocenters. The van der Waals surface area contributed by atoms with Crippen molar-refractivity contribution in [3.05, 3.63) is 29.8 Å². The van der Waals surface area contributed by atoms with Gasteiger partial charge in [0.05, 0.1) is 0 Å². The number of carbonyl (C=O) groups excluding carboxylic acids is 2.